The molecular formula is C25H31N5O2. The summed E-state index contributed by atoms with van der Waals surface area (Å²) in [6.07, 6.45) is 3.88. The fourth-order valence-corrected chi connectivity index (χ4v) is 3.41. The largest absolute Gasteiger partial charge is 0.352 e. The van der Waals surface area contributed by atoms with E-state index in [9.17, 15) is 9.59 Å². The third kappa shape index (κ3) is 6.11. The van der Waals surface area contributed by atoms with Gasteiger partial charge in [-0.25, -0.2) is 4.98 Å². The molecule has 168 valence electrons. The van der Waals surface area contributed by atoms with Gasteiger partial charge in [-0.2, -0.15) is 0 Å². The number of H-pyrrole nitrogens is 1. The number of nitrogens with zero attached hydrogens (tertiary/aromatic N) is 3. The summed E-state index contributed by atoms with van der Waals surface area (Å²) in [5.41, 5.74) is 4.07. The van der Waals surface area contributed by atoms with Crippen molar-refractivity contribution >= 4 is 5.91 Å². The van der Waals surface area contributed by atoms with E-state index in [0.29, 0.717) is 36.1 Å². The number of benzene rings is 1. The molecule has 0 bridgehead atoms. The van der Waals surface area contributed by atoms with Gasteiger partial charge in [0.05, 0.1) is 0 Å². The number of carbonyl (C=O) groups excluding carboxylic acids is 1. The van der Waals surface area contributed by atoms with Gasteiger partial charge < -0.3 is 10.3 Å². The van der Waals surface area contributed by atoms with E-state index in [1.165, 1.54) is 5.56 Å². The van der Waals surface area contributed by atoms with Crippen LogP contribution in [0.3, 0.4) is 0 Å². The minimum atomic E-state index is -0.209. The van der Waals surface area contributed by atoms with Gasteiger partial charge >= 0.3 is 0 Å². The molecule has 2 heterocycles. The predicted octanol–water partition coefficient (Wildman–Crippen LogP) is 3.23. The molecule has 1 amide bonds. The van der Waals surface area contributed by atoms with Crippen molar-refractivity contribution in [1.82, 2.24) is 25.2 Å². The van der Waals surface area contributed by atoms with E-state index >= 15 is 0 Å². The second-order valence-corrected chi connectivity index (χ2v) is 8.27. The molecule has 0 aliphatic heterocycles. The summed E-state index contributed by atoms with van der Waals surface area (Å²) in [6.45, 7) is 7.41. The molecular weight excluding hydrogens is 402 g/mol. The zero-order valence-electron chi connectivity index (χ0n) is 19.2. The molecule has 2 N–H and O–H groups in total. The van der Waals surface area contributed by atoms with Crippen LogP contribution in [0.1, 0.15) is 42.7 Å². The third-order valence-corrected chi connectivity index (χ3v) is 5.67. The lowest BCUT2D eigenvalue weighted by Crippen LogP contribution is -2.28. The van der Waals surface area contributed by atoms with Gasteiger partial charge in [0.2, 0.25) is 5.91 Å². The van der Waals surface area contributed by atoms with Gasteiger partial charge in [0.1, 0.15) is 5.82 Å². The number of rotatable bonds is 9. The van der Waals surface area contributed by atoms with E-state index in [1.54, 1.807) is 31.5 Å². The number of hydrogen-bond donors (Lipinski definition) is 2. The lowest BCUT2D eigenvalue weighted by atomic mass is 10.1. The lowest BCUT2D eigenvalue weighted by Gasteiger charge is -2.22. The molecule has 0 spiro atoms. The maximum atomic E-state index is 12.6. The van der Waals surface area contributed by atoms with Crippen molar-refractivity contribution in [2.24, 2.45) is 0 Å². The summed E-state index contributed by atoms with van der Waals surface area (Å²) in [4.78, 5) is 38.6. The van der Waals surface area contributed by atoms with Crippen LogP contribution in [-0.2, 0) is 24.3 Å². The average Bonchev–Trinajstić information content (AvgIpc) is 2.78. The van der Waals surface area contributed by atoms with Crippen molar-refractivity contribution in [3.8, 4) is 11.4 Å². The molecule has 2 aromatic heterocycles. The Bertz CT molecular complexity index is 1110. The second kappa shape index (κ2) is 10.8. The number of nitrogens with one attached hydrogen (secondary N) is 2. The van der Waals surface area contributed by atoms with Gasteiger partial charge in [-0.1, -0.05) is 24.3 Å². The van der Waals surface area contributed by atoms with E-state index < -0.39 is 0 Å². The lowest BCUT2D eigenvalue weighted by molar-refractivity contribution is -0.121. The summed E-state index contributed by atoms with van der Waals surface area (Å²) in [5, 5.41) is 2.99. The van der Waals surface area contributed by atoms with Crippen molar-refractivity contribution in [3.63, 3.8) is 0 Å². The van der Waals surface area contributed by atoms with Crippen molar-refractivity contribution in [2.75, 3.05) is 7.05 Å². The number of amides is 1. The summed E-state index contributed by atoms with van der Waals surface area (Å²) in [7, 11) is 2.09. The van der Waals surface area contributed by atoms with E-state index in [0.717, 1.165) is 17.7 Å². The van der Waals surface area contributed by atoms with Crippen LogP contribution in [0.4, 0.5) is 0 Å². The molecule has 3 aromatic rings. The fourth-order valence-electron chi connectivity index (χ4n) is 3.41. The first-order chi connectivity index (χ1) is 15.3. The Morgan fingerprint density at radius 1 is 1.12 bits per heavy atom. The highest BCUT2D eigenvalue weighted by Crippen LogP contribution is 2.14. The number of aromatic nitrogens is 3. The van der Waals surface area contributed by atoms with Gasteiger partial charge in [0, 0.05) is 54.8 Å². The molecule has 1 aromatic carbocycles. The summed E-state index contributed by atoms with van der Waals surface area (Å²) >= 11 is 0. The molecule has 3 rings (SSSR count). The van der Waals surface area contributed by atoms with Gasteiger partial charge in [0.25, 0.3) is 5.56 Å². The Morgan fingerprint density at radius 2 is 1.81 bits per heavy atom. The SMILES string of the molecule is Cc1nc(-c2ccncc2)[nH]c(=O)c1CCC(=O)NCc1ccccc1CN(C)C(C)C. The molecule has 0 atom stereocenters. The quantitative estimate of drug-likeness (QED) is 0.541. The van der Waals surface area contributed by atoms with Crippen LogP contribution in [0.2, 0.25) is 0 Å². The maximum Gasteiger partial charge on any atom is 0.254 e. The Hall–Kier alpha value is -3.32. The first kappa shape index (κ1) is 23.3. The van der Waals surface area contributed by atoms with Crippen LogP contribution in [0, 0.1) is 6.92 Å². The zero-order chi connectivity index (χ0) is 23.1. The van der Waals surface area contributed by atoms with Crippen LogP contribution in [0.5, 0.6) is 0 Å². The van der Waals surface area contributed by atoms with Crippen molar-refractivity contribution in [1.29, 1.82) is 0 Å². The minimum absolute atomic E-state index is 0.0889. The number of pyridine rings is 1. The van der Waals surface area contributed by atoms with E-state index in [1.807, 2.05) is 18.2 Å². The monoisotopic (exact) mass is 433 g/mol. The van der Waals surface area contributed by atoms with Gasteiger partial charge in [-0.05, 0) is 57.5 Å². The number of aryl methyl sites for hydroxylation is 1. The van der Waals surface area contributed by atoms with Gasteiger partial charge in [0.15, 0.2) is 0 Å². The van der Waals surface area contributed by atoms with E-state index in [-0.39, 0.29) is 17.9 Å². The molecule has 32 heavy (non-hydrogen) atoms. The molecule has 0 radical (unpaired) electrons. The van der Waals surface area contributed by atoms with Crippen molar-refractivity contribution in [2.45, 2.75) is 52.7 Å². The van der Waals surface area contributed by atoms with Crippen LogP contribution in [0.15, 0.2) is 53.6 Å². The molecule has 7 heteroatoms. The molecule has 0 fully saturated rings. The average molecular weight is 434 g/mol. The van der Waals surface area contributed by atoms with Gasteiger partial charge in [-0.15, -0.1) is 0 Å². The van der Waals surface area contributed by atoms with E-state index in [4.69, 9.17) is 0 Å². The highest BCUT2D eigenvalue weighted by molar-refractivity contribution is 5.76. The summed E-state index contributed by atoms with van der Waals surface area (Å²) < 4.78 is 0. The van der Waals surface area contributed by atoms with Crippen LogP contribution in [0.25, 0.3) is 11.4 Å². The predicted molar refractivity (Wildman–Crippen MR) is 126 cm³/mol. The first-order valence-electron chi connectivity index (χ1n) is 10.9. The third-order valence-electron chi connectivity index (χ3n) is 5.67. The second-order valence-electron chi connectivity index (χ2n) is 8.27. The molecule has 0 aliphatic carbocycles. The Balaban J connectivity index is 1.60. The first-order valence-corrected chi connectivity index (χ1v) is 10.9. The van der Waals surface area contributed by atoms with E-state index in [2.05, 4.69) is 52.1 Å². The Morgan fingerprint density at radius 3 is 2.47 bits per heavy atom. The Kier molecular flexibility index (Phi) is 7.89. The summed E-state index contributed by atoms with van der Waals surface area (Å²) in [6, 6.07) is 12.2. The molecule has 0 saturated carbocycles. The van der Waals surface area contributed by atoms with Crippen LogP contribution in [-0.4, -0.2) is 38.8 Å². The molecule has 0 saturated heterocycles. The minimum Gasteiger partial charge on any atom is -0.352 e. The number of aromatic amines is 1. The normalized spacial score (nSPS) is 11.2. The summed E-state index contributed by atoms with van der Waals surface area (Å²) in [5.74, 6) is 0.417. The number of carbonyl (C=O) groups is 1. The van der Waals surface area contributed by atoms with Crippen molar-refractivity contribution < 1.29 is 4.79 Å². The molecule has 0 unspecified atom stereocenters. The fraction of sp³-hybridized carbons (Fsp3) is 0.360. The molecule has 7 nitrogen and oxygen atoms in total. The smallest absolute Gasteiger partial charge is 0.254 e. The highest BCUT2D eigenvalue weighted by Gasteiger charge is 2.13. The van der Waals surface area contributed by atoms with Crippen LogP contribution >= 0.6 is 0 Å². The Labute approximate surface area is 188 Å². The van der Waals surface area contributed by atoms with Crippen molar-refractivity contribution in [3.05, 3.63) is 81.5 Å². The zero-order valence-corrected chi connectivity index (χ0v) is 19.2. The standard InChI is InChI=1S/C25H31N5O2/c1-17(2)30(4)16-21-8-6-5-7-20(21)15-27-23(31)10-9-22-18(3)28-24(29-25(22)32)19-11-13-26-14-12-19/h5-8,11-14,17H,9-10,15-16H2,1-4H3,(H,27,31)(H,28,29,32). The van der Waals surface area contributed by atoms with Crippen LogP contribution < -0.4 is 10.9 Å². The maximum absolute atomic E-state index is 12.6. The topological polar surface area (TPSA) is 91.0 Å². The van der Waals surface area contributed by atoms with Gasteiger partial charge in [-0.3, -0.25) is 19.5 Å². The number of hydrogen-bond acceptors (Lipinski definition) is 5. The highest BCUT2D eigenvalue weighted by atomic mass is 16.1. The molecule has 0 aliphatic rings.